The highest BCUT2D eigenvalue weighted by atomic mass is 32.2. The fraction of sp³-hybridized carbons (Fsp3) is 0.762. The van der Waals surface area contributed by atoms with Crippen molar-refractivity contribution < 1.29 is 37.0 Å². The molecule has 0 aromatic rings. The van der Waals surface area contributed by atoms with Crippen molar-refractivity contribution in [1.82, 2.24) is 4.90 Å². The Morgan fingerprint density at radius 1 is 0.806 bits per heavy atom. The first-order chi connectivity index (χ1) is 13.6. The molecule has 180 valence electrons. The Morgan fingerprint density at radius 3 is 1.52 bits per heavy atom. The number of amides is 2. The molecule has 10 heteroatoms. The number of sulfone groups is 1. The van der Waals surface area contributed by atoms with E-state index in [1.165, 1.54) is 6.08 Å². The summed E-state index contributed by atoms with van der Waals surface area (Å²) in [6.07, 6.45) is 0.241. The molecule has 0 aliphatic rings. The Bertz CT molecular complexity index is 752. The van der Waals surface area contributed by atoms with Crippen LogP contribution in [-0.2, 0) is 28.8 Å². The molecule has 0 radical (unpaired) electrons. The average molecular weight is 464 g/mol. The van der Waals surface area contributed by atoms with Crippen LogP contribution in [-0.4, -0.2) is 60.6 Å². The van der Waals surface area contributed by atoms with Crippen molar-refractivity contribution in [3.63, 3.8) is 0 Å². The summed E-state index contributed by atoms with van der Waals surface area (Å²) in [6.45, 7) is 14.7. The van der Waals surface area contributed by atoms with Crippen molar-refractivity contribution in [1.29, 1.82) is 0 Å². The lowest BCUT2D eigenvalue weighted by Gasteiger charge is -2.33. The van der Waals surface area contributed by atoms with Crippen molar-refractivity contribution >= 4 is 28.0 Å². The maximum absolute atomic E-state index is 12.9. The van der Waals surface area contributed by atoms with Crippen LogP contribution in [0.3, 0.4) is 0 Å². The summed E-state index contributed by atoms with van der Waals surface area (Å²) < 4.78 is 38.7. The van der Waals surface area contributed by atoms with Gasteiger partial charge in [-0.3, -0.25) is 0 Å². The van der Waals surface area contributed by atoms with Gasteiger partial charge in [0.05, 0.1) is 0 Å². The average Bonchev–Trinajstić information content (AvgIpc) is 2.43. The second kappa shape index (κ2) is 10.5. The number of hydrogen-bond donors (Lipinski definition) is 0. The molecule has 0 spiro atoms. The summed E-state index contributed by atoms with van der Waals surface area (Å²) >= 11 is 0. The van der Waals surface area contributed by atoms with E-state index in [1.54, 1.807) is 62.3 Å². The maximum Gasteiger partial charge on any atom is 0.420 e. The molecule has 0 bridgehead atoms. The number of hydrogen-bond acceptors (Lipinski definition) is 8. The van der Waals surface area contributed by atoms with Crippen LogP contribution in [0.2, 0.25) is 0 Å². The first-order valence-corrected chi connectivity index (χ1v) is 11.9. The van der Waals surface area contributed by atoms with Gasteiger partial charge >= 0.3 is 18.2 Å². The Kier molecular flexibility index (Phi) is 9.77. The first-order valence-electron chi connectivity index (χ1n) is 9.96. The maximum atomic E-state index is 12.9. The van der Waals surface area contributed by atoms with Crippen molar-refractivity contribution in [2.24, 2.45) is 0 Å². The SMILES string of the molecule is CC(C)(C)OC(=O)[C@H](CC/C=C/S(C)(=O)=O)N(C(=O)OC(C)(C)C)C(=O)OC(C)(C)C. The van der Waals surface area contributed by atoms with Gasteiger partial charge in [-0.05, 0) is 75.2 Å². The van der Waals surface area contributed by atoms with Crippen molar-refractivity contribution in [3.05, 3.63) is 11.5 Å². The molecular formula is C21H37NO8S. The second-order valence-corrected chi connectivity index (χ2v) is 12.1. The zero-order chi connectivity index (χ0) is 24.8. The number of carbonyl (C=O) groups excluding carboxylic acids is 3. The van der Waals surface area contributed by atoms with E-state index >= 15 is 0 Å². The van der Waals surface area contributed by atoms with Gasteiger partial charge in [0.15, 0.2) is 9.84 Å². The van der Waals surface area contributed by atoms with E-state index in [2.05, 4.69) is 0 Å². The fourth-order valence-corrected chi connectivity index (χ4v) is 2.66. The third kappa shape index (κ3) is 13.7. The Balaban J connectivity index is 6.12. The third-order valence-corrected chi connectivity index (χ3v) is 3.81. The molecule has 0 saturated carbocycles. The standard InChI is InChI=1S/C21H37NO8S/c1-19(2,3)28-16(23)15(13-11-12-14-31(10,26)27)22(17(24)29-20(4,5)6)18(25)30-21(7,8)9/h12,14-15H,11,13H2,1-10H3/b14-12+/t15-/m0/s1. The molecule has 31 heavy (non-hydrogen) atoms. The minimum absolute atomic E-state index is 0.0824. The zero-order valence-electron chi connectivity index (χ0n) is 20.3. The molecule has 0 saturated heterocycles. The molecule has 0 aromatic heterocycles. The van der Waals surface area contributed by atoms with Gasteiger partial charge in [-0.15, -0.1) is 0 Å². The van der Waals surface area contributed by atoms with Crippen molar-refractivity contribution in [3.8, 4) is 0 Å². The first kappa shape index (κ1) is 28.9. The van der Waals surface area contributed by atoms with E-state index in [1.807, 2.05) is 0 Å². The molecule has 1 atom stereocenters. The fourth-order valence-electron chi connectivity index (χ4n) is 2.17. The molecular weight excluding hydrogens is 426 g/mol. The molecule has 0 aliphatic heterocycles. The molecule has 0 aromatic carbocycles. The lowest BCUT2D eigenvalue weighted by molar-refractivity contribution is -0.161. The van der Waals surface area contributed by atoms with Crippen LogP contribution in [0.1, 0.15) is 75.2 Å². The lowest BCUT2D eigenvalue weighted by Crippen LogP contribution is -2.53. The third-order valence-electron chi connectivity index (χ3n) is 3.12. The number of imide groups is 1. The predicted molar refractivity (Wildman–Crippen MR) is 117 cm³/mol. The number of rotatable bonds is 6. The van der Waals surface area contributed by atoms with Crippen molar-refractivity contribution in [2.75, 3.05) is 6.26 Å². The molecule has 0 heterocycles. The van der Waals surface area contributed by atoms with Gasteiger partial charge in [0.2, 0.25) is 0 Å². The topological polar surface area (TPSA) is 116 Å². The smallest absolute Gasteiger partial charge is 0.420 e. The van der Waals surface area contributed by atoms with Gasteiger partial charge in [-0.25, -0.2) is 22.8 Å². The van der Waals surface area contributed by atoms with Gasteiger partial charge in [-0.2, -0.15) is 4.90 Å². The molecule has 0 aliphatic carbocycles. The monoisotopic (exact) mass is 463 g/mol. The summed E-state index contributed by atoms with van der Waals surface area (Å²) in [7, 11) is -3.37. The molecule has 0 unspecified atom stereocenters. The van der Waals surface area contributed by atoms with Crippen LogP contribution in [0, 0.1) is 0 Å². The van der Waals surface area contributed by atoms with Crippen LogP contribution in [0.5, 0.6) is 0 Å². The Labute approximate surface area is 186 Å². The van der Waals surface area contributed by atoms with E-state index in [4.69, 9.17) is 14.2 Å². The number of esters is 1. The van der Waals surface area contributed by atoms with E-state index in [0.717, 1.165) is 11.7 Å². The van der Waals surface area contributed by atoms with Gasteiger partial charge in [0, 0.05) is 11.7 Å². The number of ether oxygens (including phenoxy) is 3. The quantitative estimate of drug-likeness (QED) is 0.425. The number of allylic oxidation sites excluding steroid dienone is 1. The molecule has 2 amide bonds. The van der Waals surface area contributed by atoms with E-state index in [-0.39, 0.29) is 12.8 Å². The van der Waals surface area contributed by atoms with Gasteiger partial charge in [0.25, 0.3) is 0 Å². The second-order valence-electron chi connectivity index (χ2n) is 10.2. The normalized spacial score (nSPS) is 14.1. The van der Waals surface area contributed by atoms with Crippen LogP contribution in [0.25, 0.3) is 0 Å². The summed E-state index contributed by atoms with van der Waals surface area (Å²) in [5.41, 5.74) is -2.76. The largest absolute Gasteiger partial charge is 0.458 e. The molecule has 9 nitrogen and oxygen atoms in total. The highest BCUT2D eigenvalue weighted by Crippen LogP contribution is 2.22. The van der Waals surface area contributed by atoms with Gasteiger partial charge in [0.1, 0.15) is 22.8 Å². The summed E-state index contributed by atoms with van der Waals surface area (Å²) in [6, 6.07) is -1.38. The molecule has 0 fully saturated rings. The van der Waals surface area contributed by atoms with Gasteiger partial charge < -0.3 is 14.2 Å². The Hall–Kier alpha value is -2.10. The summed E-state index contributed by atoms with van der Waals surface area (Å²) in [5.74, 6) is -0.836. The Morgan fingerprint density at radius 2 is 1.19 bits per heavy atom. The number of nitrogens with zero attached hydrogens (tertiary/aromatic N) is 1. The molecule has 0 rings (SSSR count). The predicted octanol–water partition coefficient (Wildman–Crippen LogP) is 4.21. The summed E-state index contributed by atoms with van der Waals surface area (Å²) in [5, 5.41) is 0.991. The summed E-state index contributed by atoms with van der Waals surface area (Å²) in [4.78, 5) is 39.2. The van der Waals surface area contributed by atoms with Crippen LogP contribution >= 0.6 is 0 Å². The van der Waals surface area contributed by atoms with Gasteiger partial charge in [-0.1, -0.05) is 6.08 Å². The van der Waals surface area contributed by atoms with Crippen LogP contribution in [0.4, 0.5) is 9.59 Å². The van der Waals surface area contributed by atoms with E-state index < -0.39 is 50.8 Å². The zero-order valence-corrected chi connectivity index (χ0v) is 21.1. The highest BCUT2D eigenvalue weighted by molar-refractivity contribution is 7.93. The van der Waals surface area contributed by atoms with Crippen molar-refractivity contribution in [2.45, 2.75) is 98.0 Å². The lowest BCUT2D eigenvalue weighted by atomic mass is 10.1. The van der Waals surface area contributed by atoms with E-state index in [0.29, 0.717) is 4.90 Å². The van der Waals surface area contributed by atoms with Crippen LogP contribution < -0.4 is 0 Å². The minimum Gasteiger partial charge on any atom is -0.458 e. The van der Waals surface area contributed by atoms with E-state index in [9.17, 15) is 22.8 Å². The number of carbonyl (C=O) groups is 3. The van der Waals surface area contributed by atoms with Crippen LogP contribution in [0.15, 0.2) is 11.5 Å². The highest BCUT2D eigenvalue weighted by Gasteiger charge is 2.41. The minimum atomic E-state index is -3.37. The molecule has 0 N–H and O–H groups in total.